The number of hydrogen-bond acceptors (Lipinski definition) is 5. The van der Waals surface area contributed by atoms with Crippen LogP contribution >= 0.6 is 0 Å². The van der Waals surface area contributed by atoms with E-state index in [1.54, 1.807) is 18.2 Å². The van der Waals surface area contributed by atoms with E-state index in [1.807, 2.05) is 36.4 Å². The van der Waals surface area contributed by atoms with E-state index in [0.29, 0.717) is 31.1 Å². The van der Waals surface area contributed by atoms with Crippen LogP contribution in [0, 0.1) is 0 Å². The summed E-state index contributed by atoms with van der Waals surface area (Å²) in [4.78, 5) is 4.60. The lowest BCUT2D eigenvalue weighted by atomic mass is 10.2. The molecule has 0 unspecified atom stereocenters. The Hall–Kier alpha value is -2.63. The maximum absolute atomic E-state index is 9.44. The van der Waals surface area contributed by atoms with Gasteiger partial charge in [0, 0.05) is 18.1 Å². The molecule has 0 fully saturated rings. The molecular weight excluding hydrogens is 330 g/mol. The molecule has 0 amide bonds. The topological polar surface area (TPSA) is 71.8 Å². The van der Waals surface area contributed by atoms with Gasteiger partial charge in [-0.25, -0.2) is 4.98 Å². The number of unbranched alkanes of at least 4 members (excludes halogenated alkanes) is 1. The molecule has 5 heteroatoms. The monoisotopic (exact) mass is 353 g/mol. The molecule has 0 bridgehead atoms. The molecule has 0 aliphatic heterocycles. The molecule has 5 nitrogen and oxygen atoms in total. The number of fused-ring (bicyclic) bond motifs is 1. The van der Waals surface area contributed by atoms with E-state index in [4.69, 9.17) is 14.6 Å². The molecule has 0 aliphatic rings. The second-order valence-electron chi connectivity index (χ2n) is 6.03. The summed E-state index contributed by atoms with van der Waals surface area (Å²) in [5.74, 6) is 1.28. The molecular formula is C21H23NO4. The Balaban J connectivity index is 1.67. The van der Waals surface area contributed by atoms with Crippen molar-refractivity contribution in [3.63, 3.8) is 0 Å². The molecule has 136 valence electrons. The first-order valence-corrected chi connectivity index (χ1v) is 8.74. The molecule has 26 heavy (non-hydrogen) atoms. The van der Waals surface area contributed by atoms with E-state index in [-0.39, 0.29) is 13.2 Å². The fourth-order valence-electron chi connectivity index (χ4n) is 2.64. The zero-order valence-corrected chi connectivity index (χ0v) is 14.6. The molecule has 1 aromatic heterocycles. The molecule has 0 radical (unpaired) electrons. The Morgan fingerprint density at radius 3 is 2.46 bits per heavy atom. The van der Waals surface area contributed by atoms with Crippen LogP contribution in [0.1, 0.15) is 24.1 Å². The van der Waals surface area contributed by atoms with Crippen molar-refractivity contribution in [2.24, 2.45) is 0 Å². The number of aliphatic hydroxyl groups is 2. The van der Waals surface area contributed by atoms with Gasteiger partial charge >= 0.3 is 0 Å². The number of pyridine rings is 1. The van der Waals surface area contributed by atoms with E-state index < -0.39 is 0 Å². The molecule has 2 N–H and O–H groups in total. The van der Waals surface area contributed by atoms with Crippen LogP contribution in [0.25, 0.3) is 10.9 Å². The van der Waals surface area contributed by atoms with Gasteiger partial charge in [0.15, 0.2) is 0 Å². The fraction of sp³-hybridized carbons (Fsp3) is 0.286. The summed E-state index contributed by atoms with van der Waals surface area (Å²) in [6, 6.07) is 17.3. The first kappa shape index (κ1) is 18.2. The van der Waals surface area contributed by atoms with Gasteiger partial charge in [-0.1, -0.05) is 24.3 Å². The molecule has 0 atom stereocenters. The van der Waals surface area contributed by atoms with Crippen molar-refractivity contribution >= 4 is 10.9 Å². The van der Waals surface area contributed by atoms with Crippen molar-refractivity contribution in [2.45, 2.75) is 26.1 Å². The smallest absolute Gasteiger partial charge is 0.130 e. The van der Waals surface area contributed by atoms with E-state index in [1.165, 1.54) is 0 Å². The van der Waals surface area contributed by atoms with Crippen LogP contribution in [0.2, 0.25) is 0 Å². The third-order valence-corrected chi connectivity index (χ3v) is 3.99. The zero-order valence-electron chi connectivity index (χ0n) is 14.6. The Labute approximate surface area is 152 Å². The van der Waals surface area contributed by atoms with E-state index in [9.17, 15) is 5.11 Å². The van der Waals surface area contributed by atoms with Gasteiger partial charge in [-0.3, -0.25) is 0 Å². The summed E-state index contributed by atoms with van der Waals surface area (Å²) in [6.07, 6.45) is 1.48. The molecule has 0 aliphatic carbocycles. The second-order valence-corrected chi connectivity index (χ2v) is 6.03. The van der Waals surface area contributed by atoms with Gasteiger partial charge in [0.2, 0.25) is 0 Å². The van der Waals surface area contributed by atoms with Crippen LogP contribution in [0.15, 0.2) is 54.6 Å². The van der Waals surface area contributed by atoms with Gasteiger partial charge in [-0.2, -0.15) is 0 Å². The molecule has 2 aromatic carbocycles. The van der Waals surface area contributed by atoms with Crippen LogP contribution in [0.4, 0.5) is 0 Å². The summed E-state index contributed by atoms with van der Waals surface area (Å²) < 4.78 is 11.5. The highest BCUT2D eigenvalue weighted by molar-refractivity contribution is 5.78. The molecule has 1 heterocycles. The number of benzene rings is 2. The standard InChI is InChI=1S/C21H23NO4/c23-9-3-4-10-25-19-11-16(14-24)12-20(13-19)26-15-18-8-7-17-5-1-2-6-21(17)22-18/h1-2,5-8,11-13,23-24H,3-4,9-10,14-15H2. The van der Waals surface area contributed by atoms with Crippen LogP contribution in [-0.2, 0) is 13.2 Å². The van der Waals surface area contributed by atoms with Crippen molar-refractivity contribution in [1.82, 2.24) is 4.98 Å². The Morgan fingerprint density at radius 2 is 1.65 bits per heavy atom. The Morgan fingerprint density at radius 1 is 0.846 bits per heavy atom. The predicted molar refractivity (Wildman–Crippen MR) is 100 cm³/mol. The minimum absolute atomic E-state index is 0.0849. The van der Waals surface area contributed by atoms with Crippen LogP contribution in [0.5, 0.6) is 11.5 Å². The lowest BCUT2D eigenvalue weighted by molar-refractivity contribution is 0.249. The quantitative estimate of drug-likeness (QED) is 0.577. The maximum atomic E-state index is 9.44. The van der Waals surface area contributed by atoms with E-state index in [2.05, 4.69) is 4.98 Å². The molecule has 3 aromatic rings. The van der Waals surface area contributed by atoms with Gasteiger partial charge in [-0.05, 0) is 42.7 Å². The van der Waals surface area contributed by atoms with Crippen LogP contribution < -0.4 is 9.47 Å². The van der Waals surface area contributed by atoms with Gasteiger partial charge in [0.05, 0.1) is 24.4 Å². The largest absolute Gasteiger partial charge is 0.493 e. The minimum atomic E-state index is -0.0849. The van der Waals surface area contributed by atoms with Crippen molar-refractivity contribution in [3.8, 4) is 11.5 Å². The first-order valence-electron chi connectivity index (χ1n) is 8.74. The molecule has 3 rings (SSSR count). The lowest BCUT2D eigenvalue weighted by Gasteiger charge is -2.12. The average Bonchev–Trinajstić information content (AvgIpc) is 2.69. The molecule has 0 saturated heterocycles. The third kappa shape index (κ3) is 4.94. The highest BCUT2D eigenvalue weighted by atomic mass is 16.5. The summed E-state index contributed by atoms with van der Waals surface area (Å²) in [7, 11) is 0. The number of rotatable bonds is 9. The highest BCUT2D eigenvalue weighted by Gasteiger charge is 2.05. The summed E-state index contributed by atoms with van der Waals surface area (Å²) in [5.41, 5.74) is 2.50. The van der Waals surface area contributed by atoms with Gasteiger partial charge in [0.25, 0.3) is 0 Å². The van der Waals surface area contributed by atoms with Gasteiger partial charge in [0.1, 0.15) is 18.1 Å². The Kier molecular flexibility index (Phi) is 6.41. The third-order valence-electron chi connectivity index (χ3n) is 3.99. The number of para-hydroxylation sites is 1. The van der Waals surface area contributed by atoms with Crippen molar-refractivity contribution < 1.29 is 19.7 Å². The number of aromatic nitrogens is 1. The maximum Gasteiger partial charge on any atom is 0.130 e. The van der Waals surface area contributed by atoms with Crippen molar-refractivity contribution in [3.05, 3.63) is 65.9 Å². The van der Waals surface area contributed by atoms with Crippen molar-refractivity contribution in [2.75, 3.05) is 13.2 Å². The Bertz CT molecular complexity index is 850. The number of nitrogens with zero attached hydrogens (tertiary/aromatic N) is 1. The summed E-state index contributed by atoms with van der Waals surface area (Å²) >= 11 is 0. The highest BCUT2D eigenvalue weighted by Crippen LogP contribution is 2.24. The van der Waals surface area contributed by atoms with E-state index >= 15 is 0 Å². The fourth-order valence-corrected chi connectivity index (χ4v) is 2.64. The average molecular weight is 353 g/mol. The molecule has 0 saturated carbocycles. The summed E-state index contributed by atoms with van der Waals surface area (Å²) in [5, 5.41) is 19.4. The predicted octanol–water partition coefficient (Wildman–Crippen LogP) is 3.46. The van der Waals surface area contributed by atoms with Crippen LogP contribution in [-0.4, -0.2) is 28.4 Å². The van der Waals surface area contributed by atoms with Gasteiger partial charge in [-0.15, -0.1) is 0 Å². The zero-order chi connectivity index (χ0) is 18.2. The lowest BCUT2D eigenvalue weighted by Crippen LogP contribution is -2.02. The minimum Gasteiger partial charge on any atom is -0.493 e. The van der Waals surface area contributed by atoms with Crippen LogP contribution in [0.3, 0.4) is 0 Å². The second kappa shape index (κ2) is 9.17. The SMILES string of the molecule is OCCCCOc1cc(CO)cc(OCc2ccc3ccccc3n2)c1. The number of hydrogen-bond donors (Lipinski definition) is 2. The summed E-state index contributed by atoms with van der Waals surface area (Å²) in [6.45, 7) is 0.927. The van der Waals surface area contributed by atoms with Gasteiger partial charge < -0.3 is 19.7 Å². The van der Waals surface area contributed by atoms with E-state index in [0.717, 1.165) is 28.6 Å². The normalized spacial score (nSPS) is 10.8. The number of aliphatic hydroxyl groups excluding tert-OH is 2. The van der Waals surface area contributed by atoms with Crippen molar-refractivity contribution in [1.29, 1.82) is 0 Å². The number of ether oxygens (including phenoxy) is 2. The molecule has 0 spiro atoms. The first-order chi connectivity index (χ1) is 12.8.